The molecule has 1 unspecified atom stereocenters. The molecule has 0 bridgehead atoms. The fraction of sp³-hybridized carbons (Fsp3) is 0.321. The van der Waals surface area contributed by atoms with Crippen LogP contribution in [-0.2, 0) is 0 Å². The van der Waals surface area contributed by atoms with Gasteiger partial charge in [0.15, 0.2) is 0 Å². The first-order valence-electron chi connectivity index (χ1n) is 11.5. The fourth-order valence-electron chi connectivity index (χ4n) is 4.36. The Hall–Kier alpha value is -3.11. The van der Waals surface area contributed by atoms with Crippen molar-refractivity contribution in [3.8, 4) is 11.5 Å². The Bertz CT molecular complexity index is 993. The van der Waals surface area contributed by atoms with Crippen molar-refractivity contribution in [1.82, 2.24) is 4.90 Å². The van der Waals surface area contributed by atoms with E-state index in [0.29, 0.717) is 12.6 Å². The molecule has 1 saturated heterocycles. The van der Waals surface area contributed by atoms with Gasteiger partial charge in [0.05, 0.1) is 25.8 Å². The van der Waals surface area contributed by atoms with Crippen molar-refractivity contribution < 1.29 is 9.47 Å². The summed E-state index contributed by atoms with van der Waals surface area (Å²) < 4.78 is 11.2. The quantitative estimate of drug-likeness (QED) is 0.427. The normalized spacial score (nSPS) is 16.2. The van der Waals surface area contributed by atoms with Gasteiger partial charge in [-0.3, -0.25) is 9.89 Å². The van der Waals surface area contributed by atoms with Crippen molar-refractivity contribution >= 4 is 6.21 Å². The molecule has 1 heterocycles. The number of nitrogens with zero attached hydrogens (tertiary/aromatic N) is 2. The molecule has 4 heteroatoms. The van der Waals surface area contributed by atoms with Gasteiger partial charge in [0.2, 0.25) is 0 Å². The van der Waals surface area contributed by atoms with Crippen LogP contribution in [0, 0.1) is 0 Å². The van der Waals surface area contributed by atoms with Gasteiger partial charge >= 0.3 is 0 Å². The van der Waals surface area contributed by atoms with E-state index in [1.54, 1.807) is 7.11 Å². The average molecular weight is 429 g/mol. The molecule has 0 saturated carbocycles. The largest absolute Gasteiger partial charge is 0.497 e. The van der Waals surface area contributed by atoms with E-state index in [4.69, 9.17) is 14.5 Å². The minimum atomic E-state index is 0.180. The first-order valence-corrected chi connectivity index (χ1v) is 11.5. The van der Waals surface area contributed by atoms with Crippen LogP contribution in [0.25, 0.3) is 0 Å². The number of ether oxygens (including phenoxy) is 2. The number of benzene rings is 3. The Labute approximate surface area is 191 Å². The van der Waals surface area contributed by atoms with Crippen molar-refractivity contribution in [3.63, 3.8) is 0 Å². The first kappa shape index (κ1) is 22.1. The standard InChI is InChI=1S/C28H32N2O2/c1-3-32-26-14-12-23(13-15-26)28(24-10-7-11-27(20-24)31-2)30-18-16-25(17-19-30)29-21-22-8-5-4-6-9-22/h4-15,20-21,25,28H,3,16-19H2,1-2H3/b29-21+. The van der Waals surface area contributed by atoms with Crippen molar-refractivity contribution in [2.75, 3.05) is 26.8 Å². The molecule has 1 atom stereocenters. The third-order valence-electron chi connectivity index (χ3n) is 6.01. The number of hydrogen-bond acceptors (Lipinski definition) is 4. The SMILES string of the molecule is CCOc1ccc(C(c2cccc(OC)c2)N2CCC(/N=C/c3ccccc3)CC2)cc1. The maximum Gasteiger partial charge on any atom is 0.119 e. The number of likely N-dealkylation sites (tertiary alicyclic amines) is 1. The molecular weight excluding hydrogens is 396 g/mol. The van der Waals surface area contributed by atoms with E-state index in [1.165, 1.54) is 16.7 Å². The lowest BCUT2D eigenvalue weighted by molar-refractivity contribution is 0.175. The molecule has 1 aliphatic heterocycles. The summed E-state index contributed by atoms with van der Waals surface area (Å²) in [5, 5.41) is 0. The van der Waals surface area contributed by atoms with Gasteiger partial charge in [-0.1, -0.05) is 54.6 Å². The molecule has 3 aromatic carbocycles. The van der Waals surface area contributed by atoms with Crippen molar-refractivity contribution in [2.24, 2.45) is 4.99 Å². The molecule has 0 aromatic heterocycles. The first-order chi connectivity index (χ1) is 15.8. The zero-order valence-corrected chi connectivity index (χ0v) is 19.0. The van der Waals surface area contributed by atoms with Crippen LogP contribution in [0.15, 0.2) is 83.9 Å². The number of rotatable bonds is 8. The predicted molar refractivity (Wildman–Crippen MR) is 131 cm³/mol. The number of methoxy groups -OCH3 is 1. The lowest BCUT2D eigenvalue weighted by Crippen LogP contribution is -2.38. The van der Waals surface area contributed by atoms with Gasteiger partial charge in [-0.2, -0.15) is 0 Å². The summed E-state index contributed by atoms with van der Waals surface area (Å²) in [6, 6.07) is 27.9. The third kappa shape index (κ3) is 5.57. The van der Waals surface area contributed by atoms with Crippen LogP contribution in [0.4, 0.5) is 0 Å². The number of aliphatic imine (C=N–C) groups is 1. The number of piperidine rings is 1. The van der Waals surface area contributed by atoms with Crippen LogP contribution in [-0.4, -0.2) is 44.0 Å². The van der Waals surface area contributed by atoms with Gasteiger partial charge in [0.25, 0.3) is 0 Å². The second kappa shape index (κ2) is 11.0. The van der Waals surface area contributed by atoms with Crippen LogP contribution in [0.1, 0.15) is 42.5 Å². The Morgan fingerprint density at radius 2 is 1.66 bits per heavy atom. The predicted octanol–water partition coefficient (Wildman–Crippen LogP) is 5.77. The van der Waals surface area contributed by atoms with Gasteiger partial charge in [0.1, 0.15) is 11.5 Å². The molecule has 166 valence electrons. The summed E-state index contributed by atoms with van der Waals surface area (Å²) in [4.78, 5) is 7.43. The molecule has 4 rings (SSSR count). The van der Waals surface area contributed by atoms with E-state index >= 15 is 0 Å². The Balaban J connectivity index is 1.52. The number of hydrogen-bond donors (Lipinski definition) is 0. The molecule has 1 aliphatic rings. The molecule has 0 spiro atoms. The molecule has 4 nitrogen and oxygen atoms in total. The van der Waals surface area contributed by atoms with Crippen LogP contribution >= 0.6 is 0 Å². The fourth-order valence-corrected chi connectivity index (χ4v) is 4.36. The Morgan fingerprint density at radius 3 is 2.34 bits per heavy atom. The van der Waals surface area contributed by atoms with E-state index in [0.717, 1.165) is 37.4 Å². The minimum absolute atomic E-state index is 0.180. The van der Waals surface area contributed by atoms with Gasteiger partial charge in [0, 0.05) is 19.3 Å². The van der Waals surface area contributed by atoms with Crippen molar-refractivity contribution in [2.45, 2.75) is 31.8 Å². The van der Waals surface area contributed by atoms with E-state index < -0.39 is 0 Å². The summed E-state index contributed by atoms with van der Waals surface area (Å²) >= 11 is 0. The second-order valence-electron chi connectivity index (χ2n) is 8.14. The summed E-state index contributed by atoms with van der Waals surface area (Å²) in [6.45, 7) is 4.70. The summed E-state index contributed by atoms with van der Waals surface area (Å²) in [5.41, 5.74) is 3.69. The van der Waals surface area contributed by atoms with Gasteiger partial charge in [-0.05, 0) is 60.7 Å². The molecular formula is C28H32N2O2. The molecule has 32 heavy (non-hydrogen) atoms. The molecule has 0 N–H and O–H groups in total. The van der Waals surface area contributed by atoms with Gasteiger partial charge in [-0.25, -0.2) is 0 Å². The van der Waals surface area contributed by atoms with Crippen LogP contribution < -0.4 is 9.47 Å². The lowest BCUT2D eigenvalue weighted by atomic mass is 9.93. The van der Waals surface area contributed by atoms with E-state index in [2.05, 4.69) is 71.6 Å². The Kier molecular flexibility index (Phi) is 7.57. The minimum Gasteiger partial charge on any atom is -0.497 e. The van der Waals surface area contributed by atoms with E-state index in [-0.39, 0.29) is 6.04 Å². The van der Waals surface area contributed by atoms with Crippen LogP contribution in [0.3, 0.4) is 0 Å². The molecule has 1 fully saturated rings. The van der Waals surface area contributed by atoms with Crippen LogP contribution in [0.2, 0.25) is 0 Å². The van der Waals surface area contributed by atoms with Gasteiger partial charge in [-0.15, -0.1) is 0 Å². The third-order valence-corrected chi connectivity index (χ3v) is 6.01. The van der Waals surface area contributed by atoms with E-state index in [1.807, 2.05) is 25.3 Å². The highest BCUT2D eigenvalue weighted by Crippen LogP contribution is 2.34. The monoisotopic (exact) mass is 428 g/mol. The van der Waals surface area contributed by atoms with Gasteiger partial charge < -0.3 is 9.47 Å². The summed E-state index contributed by atoms with van der Waals surface area (Å²) in [5.74, 6) is 1.80. The topological polar surface area (TPSA) is 34.1 Å². The lowest BCUT2D eigenvalue weighted by Gasteiger charge is -2.37. The summed E-state index contributed by atoms with van der Waals surface area (Å²) in [6.07, 6.45) is 4.13. The summed E-state index contributed by atoms with van der Waals surface area (Å²) in [7, 11) is 1.72. The maximum absolute atomic E-state index is 5.66. The Morgan fingerprint density at radius 1 is 0.906 bits per heavy atom. The van der Waals surface area contributed by atoms with E-state index in [9.17, 15) is 0 Å². The molecule has 0 aliphatic carbocycles. The maximum atomic E-state index is 5.66. The highest BCUT2D eigenvalue weighted by molar-refractivity contribution is 5.79. The zero-order valence-electron chi connectivity index (χ0n) is 19.0. The van der Waals surface area contributed by atoms with Crippen molar-refractivity contribution in [3.05, 3.63) is 95.6 Å². The molecule has 3 aromatic rings. The molecule has 0 radical (unpaired) electrons. The smallest absolute Gasteiger partial charge is 0.119 e. The second-order valence-corrected chi connectivity index (χ2v) is 8.14. The van der Waals surface area contributed by atoms with Crippen molar-refractivity contribution in [1.29, 1.82) is 0 Å². The highest BCUT2D eigenvalue weighted by atomic mass is 16.5. The highest BCUT2D eigenvalue weighted by Gasteiger charge is 2.27. The molecule has 0 amide bonds. The van der Waals surface area contributed by atoms with Crippen LogP contribution in [0.5, 0.6) is 11.5 Å². The zero-order chi connectivity index (χ0) is 22.2. The average Bonchev–Trinajstić information content (AvgIpc) is 2.86.